The molecule has 1 aliphatic rings. The van der Waals surface area contributed by atoms with Gasteiger partial charge in [-0.05, 0) is 52.5 Å². The molecule has 0 amide bonds. The van der Waals surface area contributed by atoms with Crippen LogP contribution in [-0.4, -0.2) is 38.6 Å². The molecule has 1 heterocycles. The predicted molar refractivity (Wildman–Crippen MR) is 75.0 cm³/mol. The van der Waals surface area contributed by atoms with Crippen LogP contribution in [-0.2, 0) is 0 Å². The van der Waals surface area contributed by atoms with Gasteiger partial charge < -0.3 is 9.80 Å². The van der Waals surface area contributed by atoms with Gasteiger partial charge in [-0.1, -0.05) is 17.7 Å². The highest BCUT2D eigenvalue weighted by atomic mass is 15.2. The van der Waals surface area contributed by atoms with Gasteiger partial charge in [0.2, 0.25) is 0 Å². The van der Waals surface area contributed by atoms with Gasteiger partial charge in [0.25, 0.3) is 0 Å². The molecular weight excluding hydrogens is 208 g/mol. The molecule has 0 aromatic heterocycles. The van der Waals surface area contributed by atoms with Crippen LogP contribution in [0.3, 0.4) is 0 Å². The van der Waals surface area contributed by atoms with Crippen molar-refractivity contribution in [2.45, 2.75) is 32.2 Å². The number of aryl methyl sites for hydroxylation is 1. The van der Waals surface area contributed by atoms with Crippen molar-refractivity contribution < 1.29 is 0 Å². The smallest absolute Gasteiger partial charge is 0.0402 e. The molecule has 0 fully saturated rings. The molecule has 2 heteroatoms. The monoisotopic (exact) mass is 232 g/mol. The zero-order valence-corrected chi connectivity index (χ0v) is 11.7. The summed E-state index contributed by atoms with van der Waals surface area (Å²) >= 11 is 0. The van der Waals surface area contributed by atoms with Crippen molar-refractivity contribution in [2.24, 2.45) is 0 Å². The molecule has 94 valence electrons. The van der Waals surface area contributed by atoms with Crippen molar-refractivity contribution in [2.75, 3.05) is 32.6 Å². The summed E-state index contributed by atoms with van der Waals surface area (Å²) in [5.41, 5.74) is 4.34. The molecule has 1 aromatic rings. The van der Waals surface area contributed by atoms with Crippen LogP contribution in [0.25, 0.3) is 0 Å². The average molecular weight is 232 g/mol. The quantitative estimate of drug-likeness (QED) is 0.790. The predicted octanol–water partition coefficient (Wildman–Crippen LogP) is 2.87. The summed E-state index contributed by atoms with van der Waals surface area (Å²) in [6.45, 7) is 5.69. The second kappa shape index (κ2) is 4.69. The Labute approximate surface area is 105 Å². The van der Waals surface area contributed by atoms with Crippen LogP contribution in [0.15, 0.2) is 18.2 Å². The van der Waals surface area contributed by atoms with Crippen LogP contribution in [0.2, 0.25) is 0 Å². The third-order valence-corrected chi connectivity index (χ3v) is 4.04. The van der Waals surface area contributed by atoms with E-state index in [9.17, 15) is 0 Å². The van der Waals surface area contributed by atoms with Crippen molar-refractivity contribution in [3.05, 3.63) is 29.3 Å². The number of nitrogens with zero attached hydrogens (tertiary/aromatic N) is 2. The summed E-state index contributed by atoms with van der Waals surface area (Å²) in [7, 11) is 6.52. The lowest BCUT2D eigenvalue weighted by Gasteiger charge is -2.23. The number of anilines is 1. The van der Waals surface area contributed by atoms with Crippen LogP contribution in [0.4, 0.5) is 5.69 Å². The van der Waals surface area contributed by atoms with E-state index in [2.05, 4.69) is 63.0 Å². The summed E-state index contributed by atoms with van der Waals surface area (Å²) in [6, 6.07) is 7.48. The Morgan fingerprint density at radius 1 is 1.29 bits per heavy atom. The second-order valence-corrected chi connectivity index (χ2v) is 5.61. The zero-order chi connectivity index (χ0) is 12.6. The topological polar surface area (TPSA) is 6.48 Å². The highest BCUT2D eigenvalue weighted by Gasteiger charge is 2.32. The molecule has 0 aliphatic carbocycles. The molecule has 1 aromatic carbocycles. The Kier molecular flexibility index (Phi) is 3.43. The lowest BCUT2D eigenvalue weighted by molar-refractivity contribution is 0.372. The summed E-state index contributed by atoms with van der Waals surface area (Å²) in [5.74, 6) is 0.678. The van der Waals surface area contributed by atoms with Gasteiger partial charge in [-0.15, -0.1) is 0 Å². The first kappa shape index (κ1) is 12.4. The van der Waals surface area contributed by atoms with Gasteiger partial charge in [0.15, 0.2) is 0 Å². The summed E-state index contributed by atoms with van der Waals surface area (Å²) in [6.07, 6.45) is 1.25. The summed E-state index contributed by atoms with van der Waals surface area (Å²) in [5, 5.41) is 0. The van der Waals surface area contributed by atoms with Crippen LogP contribution < -0.4 is 4.90 Å². The molecule has 2 atom stereocenters. The van der Waals surface area contributed by atoms with E-state index in [0.717, 1.165) is 6.54 Å². The molecule has 1 aliphatic heterocycles. The van der Waals surface area contributed by atoms with Crippen molar-refractivity contribution >= 4 is 5.69 Å². The van der Waals surface area contributed by atoms with Gasteiger partial charge in [0.05, 0.1) is 0 Å². The summed E-state index contributed by atoms with van der Waals surface area (Å²) in [4.78, 5) is 4.70. The molecule has 2 nitrogen and oxygen atoms in total. The molecule has 0 saturated carbocycles. The number of benzene rings is 1. The maximum Gasteiger partial charge on any atom is 0.0402 e. The fourth-order valence-electron chi connectivity index (χ4n) is 2.84. The maximum atomic E-state index is 2.43. The van der Waals surface area contributed by atoms with E-state index >= 15 is 0 Å². The Bertz CT molecular complexity index is 398. The maximum absolute atomic E-state index is 2.43. The molecule has 0 bridgehead atoms. The average Bonchev–Trinajstić information content (AvgIpc) is 2.49. The fraction of sp³-hybridized carbons (Fsp3) is 0.600. The van der Waals surface area contributed by atoms with Crippen molar-refractivity contribution in [1.82, 2.24) is 4.90 Å². The van der Waals surface area contributed by atoms with Gasteiger partial charge in [0, 0.05) is 24.7 Å². The molecule has 0 N–H and O–H groups in total. The third-order valence-electron chi connectivity index (χ3n) is 4.04. The van der Waals surface area contributed by atoms with E-state index < -0.39 is 0 Å². The number of rotatable bonds is 3. The van der Waals surface area contributed by atoms with Gasteiger partial charge in [-0.25, -0.2) is 0 Å². The molecule has 2 rings (SSSR count). The van der Waals surface area contributed by atoms with Crippen molar-refractivity contribution in [3.63, 3.8) is 0 Å². The zero-order valence-electron chi connectivity index (χ0n) is 11.7. The molecule has 0 saturated heterocycles. The normalized spacial score (nSPS) is 23.3. The van der Waals surface area contributed by atoms with Crippen LogP contribution in [0.1, 0.15) is 30.4 Å². The SMILES string of the molecule is Cc1ccc2c(c1)C(CCN(C)C)C(C)N2C. The van der Waals surface area contributed by atoms with Gasteiger partial charge in [-0.3, -0.25) is 0 Å². The van der Waals surface area contributed by atoms with E-state index in [0.29, 0.717) is 12.0 Å². The Morgan fingerprint density at radius 3 is 2.65 bits per heavy atom. The Hall–Kier alpha value is -1.02. The second-order valence-electron chi connectivity index (χ2n) is 5.61. The summed E-state index contributed by atoms with van der Waals surface area (Å²) < 4.78 is 0. The molecule has 0 spiro atoms. The molecule has 2 unspecified atom stereocenters. The van der Waals surface area contributed by atoms with Crippen LogP contribution >= 0.6 is 0 Å². The minimum absolute atomic E-state index is 0.617. The first-order valence-electron chi connectivity index (χ1n) is 6.49. The molecule has 17 heavy (non-hydrogen) atoms. The standard InChI is InChI=1S/C15H24N2/c1-11-6-7-15-14(10-11)13(8-9-16(3)4)12(2)17(15)5/h6-7,10,12-13H,8-9H2,1-5H3. The van der Waals surface area contributed by atoms with E-state index in [-0.39, 0.29) is 0 Å². The minimum Gasteiger partial charge on any atom is -0.371 e. The highest BCUT2D eigenvalue weighted by molar-refractivity contribution is 5.62. The van der Waals surface area contributed by atoms with E-state index in [1.165, 1.54) is 17.7 Å². The largest absolute Gasteiger partial charge is 0.371 e. The minimum atomic E-state index is 0.617. The fourth-order valence-corrected chi connectivity index (χ4v) is 2.84. The van der Waals surface area contributed by atoms with Crippen molar-refractivity contribution in [1.29, 1.82) is 0 Å². The molecular formula is C15H24N2. The van der Waals surface area contributed by atoms with E-state index in [4.69, 9.17) is 0 Å². The Morgan fingerprint density at radius 2 is 2.00 bits per heavy atom. The number of likely N-dealkylation sites (N-methyl/N-ethyl adjacent to an activating group) is 1. The lowest BCUT2D eigenvalue weighted by atomic mass is 9.91. The number of hydrogen-bond donors (Lipinski definition) is 0. The Balaban J connectivity index is 2.26. The number of hydrogen-bond acceptors (Lipinski definition) is 2. The third kappa shape index (κ3) is 2.32. The highest BCUT2D eigenvalue weighted by Crippen LogP contribution is 2.42. The lowest BCUT2D eigenvalue weighted by Crippen LogP contribution is -2.28. The van der Waals surface area contributed by atoms with Crippen LogP contribution in [0.5, 0.6) is 0 Å². The first-order valence-corrected chi connectivity index (χ1v) is 6.49. The molecule has 0 radical (unpaired) electrons. The van der Waals surface area contributed by atoms with Gasteiger partial charge in [-0.2, -0.15) is 0 Å². The van der Waals surface area contributed by atoms with Crippen molar-refractivity contribution in [3.8, 4) is 0 Å². The number of fused-ring (bicyclic) bond motifs is 1. The van der Waals surface area contributed by atoms with Crippen LogP contribution in [0, 0.1) is 6.92 Å². The van der Waals surface area contributed by atoms with E-state index in [1.54, 1.807) is 5.56 Å². The van der Waals surface area contributed by atoms with Gasteiger partial charge >= 0.3 is 0 Å². The first-order chi connectivity index (χ1) is 8.00. The van der Waals surface area contributed by atoms with Gasteiger partial charge in [0.1, 0.15) is 0 Å². The van der Waals surface area contributed by atoms with E-state index in [1.807, 2.05) is 0 Å².